The minimum Gasteiger partial charge on any atom is -0.363 e. The third-order valence-electron chi connectivity index (χ3n) is 2.76. The molecule has 0 bridgehead atoms. The molecular formula is C13H26N4O2S. The van der Waals surface area contributed by atoms with E-state index in [4.69, 9.17) is 0 Å². The highest BCUT2D eigenvalue weighted by molar-refractivity contribution is 7.89. The highest BCUT2D eigenvalue weighted by Crippen LogP contribution is 2.11. The third kappa shape index (κ3) is 5.62. The Bertz CT molecular complexity index is 496. The molecule has 0 saturated carbocycles. The second kappa shape index (κ2) is 7.78. The van der Waals surface area contributed by atoms with Crippen LogP contribution in [-0.2, 0) is 16.6 Å². The summed E-state index contributed by atoms with van der Waals surface area (Å²) < 4.78 is 27.1. The van der Waals surface area contributed by atoms with Crippen molar-refractivity contribution in [3.05, 3.63) is 18.0 Å². The molecule has 7 heteroatoms. The largest absolute Gasteiger partial charge is 0.363 e. The number of hydrogen-bond acceptors (Lipinski definition) is 4. The fourth-order valence-electron chi connectivity index (χ4n) is 1.99. The molecule has 0 aliphatic heterocycles. The molecule has 1 rings (SSSR count). The number of nitrogens with one attached hydrogen (secondary N) is 3. The van der Waals surface area contributed by atoms with Crippen molar-refractivity contribution in [1.82, 2.24) is 19.9 Å². The number of nitrogens with zero attached hydrogens (tertiary/aromatic N) is 1. The molecule has 0 fully saturated rings. The Labute approximate surface area is 122 Å². The summed E-state index contributed by atoms with van der Waals surface area (Å²) in [6.07, 6.45) is 2.59. The Morgan fingerprint density at radius 2 is 2.10 bits per heavy atom. The van der Waals surface area contributed by atoms with Gasteiger partial charge in [-0.25, -0.2) is 13.1 Å². The van der Waals surface area contributed by atoms with Gasteiger partial charge >= 0.3 is 0 Å². The highest BCUT2D eigenvalue weighted by Gasteiger charge is 2.19. The highest BCUT2D eigenvalue weighted by atomic mass is 32.2. The van der Waals surface area contributed by atoms with Gasteiger partial charge in [0.2, 0.25) is 10.0 Å². The Morgan fingerprint density at radius 3 is 2.70 bits per heavy atom. The van der Waals surface area contributed by atoms with Gasteiger partial charge in [-0.2, -0.15) is 0 Å². The van der Waals surface area contributed by atoms with Gasteiger partial charge in [-0.1, -0.05) is 6.92 Å². The molecule has 1 aromatic rings. The first-order valence-corrected chi connectivity index (χ1v) is 8.38. The number of aromatic amines is 1. The molecular weight excluding hydrogens is 276 g/mol. The Hall–Kier alpha value is -0.890. The zero-order valence-electron chi connectivity index (χ0n) is 12.7. The predicted molar refractivity (Wildman–Crippen MR) is 81.1 cm³/mol. The zero-order chi connectivity index (χ0) is 15.2. The molecule has 0 aromatic carbocycles. The summed E-state index contributed by atoms with van der Waals surface area (Å²) in [7, 11) is 0.380. The van der Waals surface area contributed by atoms with Crippen molar-refractivity contribution >= 4 is 10.0 Å². The van der Waals surface area contributed by atoms with Crippen LogP contribution in [0.5, 0.6) is 0 Å². The normalized spacial score (nSPS) is 13.8. The van der Waals surface area contributed by atoms with Crippen LogP contribution in [0, 0.1) is 0 Å². The smallest absolute Gasteiger partial charge is 0.242 e. The van der Waals surface area contributed by atoms with Crippen molar-refractivity contribution in [3.8, 4) is 0 Å². The monoisotopic (exact) mass is 302 g/mol. The van der Waals surface area contributed by atoms with Crippen LogP contribution in [0.25, 0.3) is 0 Å². The summed E-state index contributed by atoms with van der Waals surface area (Å²) in [4.78, 5) is 5.23. The first kappa shape index (κ1) is 17.2. The van der Waals surface area contributed by atoms with E-state index in [1.54, 1.807) is 6.07 Å². The van der Waals surface area contributed by atoms with Crippen molar-refractivity contribution in [2.75, 3.05) is 27.2 Å². The molecule has 6 nitrogen and oxygen atoms in total. The molecule has 1 unspecified atom stereocenters. The number of aromatic nitrogens is 1. The SMILES string of the molecule is CCCNCc1cc(S(=O)(=O)NC(C)CN(C)C)c[nH]1. The second-order valence-corrected chi connectivity index (χ2v) is 7.04. The van der Waals surface area contributed by atoms with Crippen LogP contribution in [0.15, 0.2) is 17.2 Å². The molecule has 0 amide bonds. The van der Waals surface area contributed by atoms with E-state index < -0.39 is 10.0 Å². The van der Waals surface area contributed by atoms with Gasteiger partial charge in [-0.15, -0.1) is 0 Å². The van der Waals surface area contributed by atoms with E-state index in [0.717, 1.165) is 18.7 Å². The Balaban J connectivity index is 2.63. The molecule has 0 saturated heterocycles. The lowest BCUT2D eigenvalue weighted by Gasteiger charge is -2.17. The van der Waals surface area contributed by atoms with Crippen LogP contribution >= 0.6 is 0 Å². The standard InChI is InChI=1S/C13H26N4O2S/c1-5-6-14-8-12-7-13(9-15-12)20(18,19)16-11(2)10-17(3)4/h7,9,11,14-16H,5-6,8,10H2,1-4H3. The summed E-state index contributed by atoms with van der Waals surface area (Å²) in [5, 5.41) is 3.23. The predicted octanol–water partition coefficient (Wildman–Crippen LogP) is 0.743. The van der Waals surface area contributed by atoms with Crippen LogP contribution in [0.2, 0.25) is 0 Å². The van der Waals surface area contributed by atoms with Crippen LogP contribution in [-0.4, -0.2) is 51.5 Å². The lowest BCUT2D eigenvalue weighted by molar-refractivity contribution is 0.370. The molecule has 0 spiro atoms. The van der Waals surface area contributed by atoms with Crippen molar-refractivity contribution in [2.24, 2.45) is 0 Å². The van der Waals surface area contributed by atoms with E-state index in [1.165, 1.54) is 6.20 Å². The van der Waals surface area contributed by atoms with Crippen LogP contribution < -0.4 is 10.0 Å². The number of hydrogen-bond donors (Lipinski definition) is 3. The van der Waals surface area contributed by atoms with Gasteiger partial charge in [0.05, 0.1) is 4.90 Å². The van der Waals surface area contributed by atoms with Crippen molar-refractivity contribution < 1.29 is 8.42 Å². The summed E-state index contributed by atoms with van der Waals surface area (Å²) >= 11 is 0. The number of rotatable bonds is 9. The number of H-pyrrole nitrogens is 1. The minimum atomic E-state index is -3.45. The topological polar surface area (TPSA) is 77.2 Å². The second-order valence-electron chi connectivity index (χ2n) is 5.32. The van der Waals surface area contributed by atoms with Gasteiger partial charge in [0.25, 0.3) is 0 Å². The van der Waals surface area contributed by atoms with Gasteiger partial charge in [-0.05, 0) is 40.1 Å². The number of likely N-dealkylation sites (N-methyl/N-ethyl adjacent to an activating group) is 1. The van der Waals surface area contributed by atoms with Gasteiger partial charge in [0.15, 0.2) is 0 Å². The first-order chi connectivity index (χ1) is 9.35. The maximum Gasteiger partial charge on any atom is 0.242 e. The van der Waals surface area contributed by atoms with E-state index in [2.05, 4.69) is 21.9 Å². The third-order valence-corrected chi connectivity index (χ3v) is 4.33. The first-order valence-electron chi connectivity index (χ1n) is 6.90. The molecule has 1 heterocycles. The van der Waals surface area contributed by atoms with Crippen LogP contribution in [0.4, 0.5) is 0 Å². The summed E-state index contributed by atoms with van der Waals surface area (Å²) in [5.74, 6) is 0. The summed E-state index contributed by atoms with van der Waals surface area (Å²) in [6.45, 7) is 6.17. The lowest BCUT2D eigenvalue weighted by atomic mass is 10.3. The average Bonchev–Trinajstić information content (AvgIpc) is 2.76. The van der Waals surface area contributed by atoms with E-state index in [0.29, 0.717) is 13.1 Å². The van der Waals surface area contributed by atoms with Gasteiger partial charge < -0.3 is 15.2 Å². The fourth-order valence-corrected chi connectivity index (χ4v) is 3.25. The van der Waals surface area contributed by atoms with Crippen molar-refractivity contribution in [3.63, 3.8) is 0 Å². The zero-order valence-corrected chi connectivity index (χ0v) is 13.5. The maximum atomic E-state index is 12.2. The van der Waals surface area contributed by atoms with E-state index >= 15 is 0 Å². The molecule has 0 aliphatic carbocycles. The Kier molecular flexibility index (Phi) is 6.67. The average molecular weight is 302 g/mol. The lowest BCUT2D eigenvalue weighted by Crippen LogP contribution is -2.39. The van der Waals surface area contributed by atoms with E-state index in [1.807, 2.05) is 25.9 Å². The molecule has 1 aromatic heterocycles. The van der Waals surface area contributed by atoms with Gasteiger partial charge in [0.1, 0.15) is 0 Å². The molecule has 0 aliphatic rings. The van der Waals surface area contributed by atoms with Gasteiger partial charge in [-0.3, -0.25) is 0 Å². The molecule has 116 valence electrons. The maximum absolute atomic E-state index is 12.2. The van der Waals surface area contributed by atoms with Crippen molar-refractivity contribution in [2.45, 2.75) is 37.8 Å². The molecule has 20 heavy (non-hydrogen) atoms. The molecule has 0 radical (unpaired) electrons. The number of sulfonamides is 1. The van der Waals surface area contributed by atoms with Crippen LogP contribution in [0.3, 0.4) is 0 Å². The van der Waals surface area contributed by atoms with Gasteiger partial charge in [0, 0.05) is 31.0 Å². The van der Waals surface area contributed by atoms with E-state index in [9.17, 15) is 8.42 Å². The minimum absolute atomic E-state index is 0.133. The molecule has 3 N–H and O–H groups in total. The quantitative estimate of drug-likeness (QED) is 0.588. The van der Waals surface area contributed by atoms with Crippen LogP contribution in [0.1, 0.15) is 26.0 Å². The summed E-state index contributed by atoms with van der Waals surface area (Å²) in [5.41, 5.74) is 0.874. The Morgan fingerprint density at radius 1 is 1.40 bits per heavy atom. The fraction of sp³-hybridized carbons (Fsp3) is 0.692. The molecule has 1 atom stereocenters. The van der Waals surface area contributed by atoms with Crippen molar-refractivity contribution in [1.29, 1.82) is 0 Å². The van der Waals surface area contributed by atoms with E-state index in [-0.39, 0.29) is 10.9 Å². The summed E-state index contributed by atoms with van der Waals surface area (Å²) in [6, 6.07) is 1.54.